The molecule has 17 heavy (non-hydrogen) atoms. The summed E-state index contributed by atoms with van der Waals surface area (Å²) in [5, 5.41) is 0. The van der Waals surface area contributed by atoms with Crippen molar-refractivity contribution in [2.24, 2.45) is 0 Å². The molecule has 0 bridgehead atoms. The first-order valence-electron chi connectivity index (χ1n) is 5.89. The second-order valence-corrected chi connectivity index (χ2v) is 4.36. The normalized spacial score (nSPS) is 10.6. The van der Waals surface area contributed by atoms with Crippen LogP contribution in [0.4, 0.5) is 0 Å². The summed E-state index contributed by atoms with van der Waals surface area (Å²) < 4.78 is 5.34. The van der Waals surface area contributed by atoms with Crippen LogP contribution < -0.4 is 0 Å². The minimum Gasteiger partial charge on any atom is -0.436 e. The smallest absolute Gasteiger partial charge is 0.291 e. The first-order valence-corrected chi connectivity index (χ1v) is 6.42. The largest absolute Gasteiger partial charge is 0.436 e. The Bertz CT molecular complexity index is 377. The van der Waals surface area contributed by atoms with Gasteiger partial charge in [-0.25, -0.2) is 4.98 Å². The van der Waals surface area contributed by atoms with E-state index in [-0.39, 0.29) is 5.91 Å². The summed E-state index contributed by atoms with van der Waals surface area (Å²) in [5.41, 5.74) is 0.642. The number of aryl methyl sites for hydroxylation is 2. The Morgan fingerprint density at radius 2 is 2.12 bits per heavy atom. The molecular formula is C12H19ClN2O2. The monoisotopic (exact) mass is 258 g/mol. The number of rotatable bonds is 6. The van der Waals surface area contributed by atoms with Gasteiger partial charge in [-0.05, 0) is 13.3 Å². The number of carbonyl (C=O) groups is 1. The minimum absolute atomic E-state index is 0.114. The number of unbranched alkanes of at least 4 members (excludes halogenated alkanes) is 1. The van der Waals surface area contributed by atoms with Gasteiger partial charge in [-0.2, -0.15) is 0 Å². The van der Waals surface area contributed by atoms with E-state index in [0.717, 1.165) is 12.8 Å². The molecule has 0 unspecified atom stereocenters. The van der Waals surface area contributed by atoms with Crippen LogP contribution in [0.25, 0.3) is 0 Å². The molecule has 1 aromatic rings. The fourth-order valence-electron chi connectivity index (χ4n) is 1.64. The van der Waals surface area contributed by atoms with E-state index in [1.807, 2.05) is 0 Å². The molecule has 0 atom stereocenters. The minimum atomic E-state index is -0.114. The number of hydrogen-bond acceptors (Lipinski definition) is 3. The Hall–Kier alpha value is -1.03. The fraction of sp³-hybridized carbons (Fsp3) is 0.667. The molecule has 5 heteroatoms. The van der Waals surface area contributed by atoms with Crippen molar-refractivity contribution < 1.29 is 9.21 Å². The van der Waals surface area contributed by atoms with Crippen LogP contribution in [0.5, 0.6) is 0 Å². The van der Waals surface area contributed by atoms with E-state index in [4.69, 9.17) is 16.0 Å². The Kier molecular flexibility index (Phi) is 5.48. The summed E-state index contributed by atoms with van der Waals surface area (Å²) in [6.45, 7) is 6.86. The van der Waals surface area contributed by atoms with E-state index in [1.54, 1.807) is 18.7 Å². The van der Waals surface area contributed by atoms with Crippen LogP contribution in [0, 0.1) is 13.8 Å². The number of hydrogen-bond donors (Lipinski definition) is 0. The van der Waals surface area contributed by atoms with Gasteiger partial charge in [0.2, 0.25) is 5.76 Å². The van der Waals surface area contributed by atoms with Gasteiger partial charge >= 0.3 is 0 Å². The summed E-state index contributed by atoms with van der Waals surface area (Å²) in [7, 11) is 0. The molecular weight excluding hydrogens is 240 g/mol. The van der Waals surface area contributed by atoms with Gasteiger partial charge in [0.15, 0.2) is 5.89 Å². The van der Waals surface area contributed by atoms with E-state index >= 15 is 0 Å². The molecule has 4 nitrogen and oxygen atoms in total. The quantitative estimate of drug-likeness (QED) is 0.737. The Morgan fingerprint density at radius 1 is 1.41 bits per heavy atom. The Balaban J connectivity index is 2.79. The van der Waals surface area contributed by atoms with Gasteiger partial charge in [0, 0.05) is 25.9 Å². The van der Waals surface area contributed by atoms with E-state index in [9.17, 15) is 4.79 Å². The van der Waals surface area contributed by atoms with Crippen molar-refractivity contribution in [2.75, 3.05) is 19.0 Å². The van der Waals surface area contributed by atoms with Crippen molar-refractivity contribution in [3.8, 4) is 0 Å². The van der Waals surface area contributed by atoms with Crippen LogP contribution in [0.2, 0.25) is 0 Å². The number of carbonyl (C=O) groups excluding carboxylic acids is 1. The van der Waals surface area contributed by atoms with Crippen molar-refractivity contribution in [1.82, 2.24) is 9.88 Å². The second-order valence-electron chi connectivity index (χ2n) is 3.98. The number of oxazole rings is 1. The molecule has 1 rings (SSSR count). The fourth-order valence-corrected chi connectivity index (χ4v) is 1.84. The van der Waals surface area contributed by atoms with Crippen molar-refractivity contribution in [1.29, 1.82) is 0 Å². The molecule has 0 radical (unpaired) electrons. The highest BCUT2D eigenvalue weighted by molar-refractivity contribution is 6.18. The SMILES string of the molecule is CCCCN(CCCl)C(=O)c1oc(C)nc1C. The molecule has 0 spiro atoms. The molecule has 0 saturated heterocycles. The van der Waals surface area contributed by atoms with Gasteiger partial charge in [0.05, 0.1) is 5.69 Å². The van der Waals surface area contributed by atoms with E-state index < -0.39 is 0 Å². The lowest BCUT2D eigenvalue weighted by Crippen LogP contribution is -2.33. The molecule has 0 fully saturated rings. The maximum Gasteiger partial charge on any atom is 0.291 e. The van der Waals surface area contributed by atoms with Crippen molar-refractivity contribution >= 4 is 17.5 Å². The van der Waals surface area contributed by atoms with Crippen molar-refractivity contribution in [2.45, 2.75) is 33.6 Å². The van der Waals surface area contributed by atoms with Crippen LogP contribution in [0.3, 0.4) is 0 Å². The van der Waals surface area contributed by atoms with E-state index in [0.29, 0.717) is 36.3 Å². The van der Waals surface area contributed by atoms with Crippen molar-refractivity contribution in [3.63, 3.8) is 0 Å². The third kappa shape index (κ3) is 3.73. The van der Waals surface area contributed by atoms with Crippen molar-refractivity contribution in [3.05, 3.63) is 17.3 Å². The summed E-state index contributed by atoms with van der Waals surface area (Å²) in [4.78, 5) is 18.0. The molecule has 1 heterocycles. The summed E-state index contributed by atoms with van der Waals surface area (Å²) >= 11 is 5.71. The number of aromatic nitrogens is 1. The Morgan fingerprint density at radius 3 is 2.59 bits per heavy atom. The summed E-state index contributed by atoms with van der Waals surface area (Å²) in [5.74, 6) is 1.18. The first-order chi connectivity index (χ1) is 8.10. The number of halogens is 1. The van der Waals surface area contributed by atoms with E-state index in [1.165, 1.54) is 0 Å². The highest BCUT2D eigenvalue weighted by Gasteiger charge is 2.21. The second kappa shape index (κ2) is 6.64. The lowest BCUT2D eigenvalue weighted by Gasteiger charge is -2.20. The molecule has 1 amide bonds. The third-order valence-electron chi connectivity index (χ3n) is 2.52. The van der Waals surface area contributed by atoms with Crippen LogP contribution in [0.1, 0.15) is 41.9 Å². The highest BCUT2D eigenvalue weighted by Crippen LogP contribution is 2.13. The molecule has 0 N–H and O–H groups in total. The molecule has 0 aliphatic heterocycles. The standard InChI is InChI=1S/C12H19ClN2O2/c1-4-5-7-15(8-6-13)12(16)11-9(2)14-10(3)17-11/h4-8H2,1-3H3. The number of amides is 1. The average Bonchev–Trinajstić information content (AvgIpc) is 2.63. The molecule has 96 valence electrons. The van der Waals surface area contributed by atoms with Gasteiger partial charge in [-0.1, -0.05) is 13.3 Å². The molecule has 0 aliphatic carbocycles. The third-order valence-corrected chi connectivity index (χ3v) is 2.69. The van der Waals surface area contributed by atoms with Gasteiger partial charge < -0.3 is 9.32 Å². The maximum atomic E-state index is 12.2. The lowest BCUT2D eigenvalue weighted by atomic mass is 10.2. The zero-order valence-electron chi connectivity index (χ0n) is 10.6. The number of nitrogens with zero attached hydrogens (tertiary/aromatic N) is 2. The zero-order chi connectivity index (χ0) is 12.8. The predicted molar refractivity (Wildman–Crippen MR) is 67.5 cm³/mol. The van der Waals surface area contributed by atoms with Gasteiger partial charge in [-0.3, -0.25) is 4.79 Å². The van der Waals surface area contributed by atoms with Gasteiger partial charge in [0.25, 0.3) is 5.91 Å². The van der Waals surface area contributed by atoms with Gasteiger partial charge in [-0.15, -0.1) is 11.6 Å². The topological polar surface area (TPSA) is 46.3 Å². The van der Waals surface area contributed by atoms with Crippen LogP contribution >= 0.6 is 11.6 Å². The molecule has 0 aromatic carbocycles. The average molecular weight is 259 g/mol. The van der Waals surface area contributed by atoms with Crippen LogP contribution in [-0.4, -0.2) is 34.8 Å². The zero-order valence-corrected chi connectivity index (χ0v) is 11.4. The summed E-state index contributed by atoms with van der Waals surface area (Å²) in [6, 6.07) is 0. The van der Waals surface area contributed by atoms with E-state index in [2.05, 4.69) is 11.9 Å². The lowest BCUT2D eigenvalue weighted by molar-refractivity contribution is 0.0729. The van der Waals surface area contributed by atoms with Crippen LogP contribution in [-0.2, 0) is 0 Å². The highest BCUT2D eigenvalue weighted by atomic mass is 35.5. The van der Waals surface area contributed by atoms with Gasteiger partial charge in [0.1, 0.15) is 0 Å². The molecule has 1 aromatic heterocycles. The Labute approximate surface area is 107 Å². The number of alkyl halides is 1. The molecule has 0 aliphatic rings. The predicted octanol–water partition coefficient (Wildman–Crippen LogP) is 2.77. The van der Waals surface area contributed by atoms with Crippen LogP contribution in [0.15, 0.2) is 4.42 Å². The maximum absolute atomic E-state index is 12.2. The molecule has 0 saturated carbocycles. The summed E-state index contributed by atoms with van der Waals surface area (Å²) in [6.07, 6.45) is 2.01. The first kappa shape index (κ1) is 14.0.